The molecule has 0 aliphatic rings. The minimum atomic E-state index is 0.00389. The Morgan fingerprint density at radius 3 is 2.83 bits per heavy atom. The summed E-state index contributed by atoms with van der Waals surface area (Å²) in [6, 6.07) is 13.8. The second-order valence-corrected chi connectivity index (χ2v) is 6.63. The number of imidazole rings is 1. The first-order chi connectivity index (χ1) is 14.2. The van der Waals surface area contributed by atoms with Gasteiger partial charge in [-0.2, -0.15) is 0 Å². The van der Waals surface area contributed by atoms with Crippen molar-refractivity contribution in [2.45, 2.75) is 32.9 Å². The maximum Gasteiger partial charge on any atom is 0.220 e. The Morgan fingerprint density at radius 1 is 1.24 bits per heavy atom. The minimum absolute atomic E-state index is 0.00389. The van der Waals surface area contributed by atoms with E-state index in [0.717, 1.165) is 28.8 Å². The monoisotopic (exact) mass is 393 g/mol. The van der Waals surface area contributed by atoms with Gasteiger partial charge in [-0.3, -0.25) is 4.79 Å². The van der Waals surface area contributed by atoms with Crippen molar-refractivity contribution in [1.29, 1.82) is 0 Å². The largest absolute Gasteiger partial charge is 0.493 e. The van der Waals surface area contributed by atoms with Crippen LogP contribution in [0, 0.1) is 0 Å². The number of benzene rings is 2. The van der Waals surface area contributed by atoms with Gasteiger partial charge in [0.05, 0.1) is 31.2 Å². The number of ether oxygens (including phenoxy) is 2. The fraction of sp³-hybridized carbons (Fsp3) is 0.304. The Hall–Kier alpha value is -3.28. The van der Waals surface area contributed by atoms with E-state index in [4.69, 9.17) is 9.47 Å². The van der Waals surface area contributed by atoms with Crippen molar-refractivity contribution in [1.82, 2.24) is 14.9 Å². The molecule has 0 aliphatic carbocycles. The van der Waals surface area contributed by atoms with Gasteiger partial charge in [0.15, 0.2) is 11.5 Å². The molecule has 0 unspecified atom stereocenters. The second-order valence-electron chi connectivity index (χ2n) is 6.63. The number of para-hydroxylation sites is 2. The van der Waals surface area contributed by atoms with Crippen LogP contribution in [-0.4, -0.2) is 29.2 Å². The highest BCUT2D eigenvalue weighted by Crippen LogP contribution is 2.28. The normalized spacial score (nSPS) is 10.7. The van der Waals surface area contributed by atoms with Crippen LogP contribution >= 0.6 is 0 Å². The lowest BCUT2D eigenvalue weighted by molar-refractivity contribution is -0.120. The van der Waals surface area contributed by atoms with Crippen LogP contribution in [0.2, 0.25) is 0 Å². The number of rotatable bonds is 10. The number of aromatic nitrogens is 2. The van der Waals surface area contributed by atoms with Gasteiger partial charge in [0, 0.05) is 6.42 Å². The number of nitrogens with zero attached hydrogens (tertiary/aromatic N) is 2. The highest BCUT2D eigenvalue weighted by atomic mass is 16.5. The molecule has 0 aliphatic heterocycles. The summed E-state index contributed by atoms with van der Waals surface area (Å²) in [6.07, 6.45) is 3.09. The predicted octanol–water partition coefficient (Wildman–Crippen LogP) is 3.88. The number of hydrogen-bond acceptors (Lipinski definition) is 4. The molecule has 0 fully saturated rings. The first-order valence-corrected chi connectivity index (χ1v) is 9.77. The first kappa shape index (κ1) is 20.5. The van der Waals surface area contributed by atoms with Crippen molar-refractivity contribution >= 4 is 16.9 Å². The van der Waals surface area contributed by atoms with Crippen molar-refractivity contribution in [3.63, 3.8) is 0 Å². The molecular weight excluding hydrogens is 366 g/mol. The Labute approximate surface area is 171 Å². The first-order valence-electron chi connectivity index (χ1n) is 9.77. The van der Waals surface area contributed by atoms with E-state index >= 15 is 0 Å². The summed E-state index contributed by atoms with van der Waals surface area (Å²) in [5.74, 6) is 2.22. The van der Waals surface area contributed by atoms with Crippen LogP contribution in [0.1, 0.15) is 24.7 Å². The van der Waals surface area contributed by atoms with Gasteiger partial charge >= 0.3 is 0 Å². The summed E-state index contributed by atoms with van der Waals surface area (Å²) >= 11 is 0. The molecule has 0 bridgehead atoms. The number of nitrogens with one attached hydrogen (secondary N) is 1. The van der Waals surface area contributed by atoms with E-state index in [1.807, 2.05) is 55.5 Å². The molecule has 0 radical (unpaired) electrons. The van der Waals surface area contributed by atoms with Crippen LogP contribution < -0.4 is 14.8 Å². The highest BCUT2D eigenvalue weighted by molar-refractivity contribution is 5.77. The van der Waals surface area contributed by atoms with Crippen LogP contribution in [0.4, 0.5) is 0 Å². The van der Waals surface area contributed by atoms with Gasteiger partial charge in [-0.1, -0.05) is 31.2 Å². The molecule has 152 valence electrons. The third-order valence-corrected chi connectivity index (χ3v) is 4.68. The van der Waals surface area contributed by atoms with E-state index in [0.29, 0.717) is 37.6 Å². The molecular formula is C23H27N3O3. The molecule has 29 heavy (non-hydrogen) atoms. The summed E-state index contributed by atoms with van der Waals surface area (Å²) in [4.78, 5) is 16.3. The lowest BCUT2D eigenvalue weighted by Gasteiger charge is -2.14. The van der Waals surface area contributed by atoms with Gasteiger partial charge in [-0.05, 0) is 36.2 Å². The molecule has 6 nitrogen and oxygen atoms in total. The molecule has 0 spiro atoms. The average Bonchev–Trinajstić information content (AvgIpc) is 3.10. The summed E-state index contributed by atoms with van der Waals surface area (Å²) in [5.41, 5.74) is 3.04. The number of carbonyl (C=O) groups is 1. The zero-order chi connectivity index (χ0) is 20.6. The molecule has 2 aromatic carbocycles. The fourth-order valence-corrected chi connectivity index (χ4v) is 3.18. The number of allylic oxidation sites excluding steroid dienone is 1. The van der Waals surface area contributed by atoms with Crippen molar-refractivity contribution < 1.29 is 14.3 Å². The maximum absolute atomic E-state index is 11.7. The van der Waals surface area contributed by atoms with Gasteiger partial charge < -0.3 is 19.4 Å². The predicted molar refractivity (Wildman–Crippen MR) is 114 cm³/mol. The lowest BCUT2D eigenvalue weighted by atomic mass is 10.1. The van der Waals surface area contributed by atoms with Crippen LogP contribution in [0.5, 0.6) is 11.5 Å². The number of hydrogen-bond donors (Lipinski definition) is 1. The minimum Gasteiger partial charge on any atom is -0.493 e. The van der Waals surface area contributed by atoms with Gasteiger partial charge in [0.1, 0.15) is 12.4 Å². The molecule has 0 saturated carbocycles. The average molecular weight is 393 g/mol. The quantitative estimate of drug-likeness (QED) is 0.531. The lowest BCUT2D eigenvalue weighted by Crippen LogP contribution is -2.24. The van der Waals surface area contributed by atoms with E-state index in [2.05, 4.69) is 21.4 Å². The second kappa shape index (κ2) is 9.78. The number of fused-ring (bicyclic) bond motifs is 1. The van der Waals surface area contributed by atoms with Crippen molar-refractivity contribution in [3.05, 3.63) is 66.5 Å². The van der Waals surface area contributed by atoms with E-state index in [-0.39, 0.29) is 5.91 Å². The van der Waals surface area contributed by atoms with E-state index in [1.54, 1.807) is 7.11 Å². The van der Waals surface area contributed by atoms with Crippen molar-refractivity contribution in [2.75, 3.05) is 13.7 Å². The Bertz CT molecular complexity index is 994. The van der Waals surface area contributed by atoms with Crippen LogP contribution in [0.3, 0.4) is 0 Å². The maximum atomic E-state index is 11.7. The molecule has 1 amide bonds. The zero-order valence-corrected chi connectivity index (χ0v) is 17.0. The third kappa shape index (κ3) is 4.96. The molecule has 0 atom stereocenters. The summed E-state index contributed by atoms with van der Waals surface area (Å²) in [6.45, 7) is 7.05. The molecule has 0 saturated heterocycles. The number of methoxy groups -OCH3 is 1. The number of amides is 1. The molecule has 1 aromatic heterocycles. The Balaban J connectivity index is 1.74. The summed E-state index contributed by atoms with van der Waals surface area (Å²) < 4.78 is 13.6. The molecule has 1 heterocycles. The topological polar surface area (TPSA) is 65.4 Å². The SMILES string of the molecule is C=CCc1ccc(OCCn2c(CNC(=O)CC)nc3ccccc32)c(OC)c1. The van der Waals surface area contributed by atoms with Gasteiger partial charge in [-0.25, -0.2) is 4.98 Å². The standard InChI is InChI=1S/C23H27N3O3/c1-4-8-17-11-12-20(21(15-17)28-3)29-14-13-26-19-10-7-6-9-18(19)25-22(26)16-24-23(27)5-2/h4,6-7,9-12,15H,1,5,8,13-14,16H2,2-3H3,(H,24,27). The van der Waals surface area contributed by atoms with E-state index in [9.17, 15) is 4.79 Å². The molecule has 3 rings (SSSR count). The summed E-state index contributed by atoms with van der Waals surface area (Å²) in [5, 5.41) is 2.90. The van der Waals surface area contributed by atoms with Gasteiger partial charge in [0.25, 0.3) is 0 Å². The third-order valence-electron chi connectivity index (χ3n) is 4.68. The van der Waals surface area contributed by atoms with Crippen LogP contribution in [-0.2, 0) is 24.3 Å². The van der Waals surface area contributed by atoms with Crippen molar-refractivity contribution in [2.24, 2.45) is 0 Å². The van der Waals surface area contributed by atoms with E-state index in [1.165, 1.54) is 0 Å². The molecule has 6 heteroatoms. The smallest absolute Gasteiger partial charge is 0.220 e. The van der Waals surface area contributed by atoms with Gasteiger partial charge in [-0.15, -0.1) is 6.58 Å². The number of carbonyl (C=O) groups excluding carboxylic acids is 1. The highest BCUT2D eigenvalue weighted by Gasteiger charge is 2.12. The molecule has 3 aromatic rings. The fourth-order valence-electron chi connectivity index (χ4n) is 3.18. The Morgan fingerprint density at radius 2 is 2.07 bits per heavy atom. The van der Waals surface area contributed by atoms with Crippen LogP contribution in [0.25, 0.3) is 11.0 Å². The van der Waals surface area contributed by atoms with E-state index < -0.39 is 0 Å². The summed E-state index contributed by atoms with van der Waals surface area (Å²) in [7, 11) is 1.64. The van der Waals surface area contributed by atoms with Gasteiger partial charge in [0.2, 0.25) is 5.91 Å². The molecule has 1 N–H and O–H groups in total. The van der Waals surface area contributed by atoms with Crippen molar-refractivity contribution in [3.8, 4) is 11.5 Å². The Kier molecular flexibility index (Phi) is 6.89. The zero-order valence-electron chi connectivity index (χ0n) is 17.0. The van der Waals surface area contributed by atoms with Crippen LogP contribution in [0.15, 0.2) is 55.1 Å².